The van der Waals surface area contributed by atoms with Crippen LogP contribution in [0, 0.1) is 13.8 Å². The van der Waals surface area contributed by atoms with E-state index in [0.717, 1.165) is 22.4 Å². The molecule has 0 heterocycles. The summed E-state index contributed by atoms with van der Waals surface area (Å²) in [6, 6.07) is 4.02. The first kappa shape index (κ1) is 10.6. The predicted octanol–water partition coefficient (Wildman–Crippen LogP) is 1.99. The highest BCUT2D eigenvalue weighted by Crippen LogP contribution is 2.23. The Morgan fingerprint density at radius 2 is 1.93 bits per heavy atom. The summed E-state index contributed by atoms with van der Waals surface area (Å²) >= 11 is 0. The summed E-state index contributed by atoms with van der Waals surface area (Å²) in [6.45, 7) is 6.71. The summed E-state index contributed by atoms with van der Waals surface area (Å²) in [4.78, 5) is 0. The van der Waals surface area contributed by atoms with E-state index in [-0.39, 0.29) is 0 Å². The van der Waals surface area contributed by atoms with Crippen molar-refractivity contribution in [1.82, 2.24) is 0 Å². The molecule has 1 aromatic carbocycles. The molecule has 0 aliphatic rings. The fourth-order valence-electron chi connectivity index (χ4n) is 1.52. The molecule has 0 aromatic heterocycles. The Balaban J connectivity index is 3.11. The van der Waals surface area contributed by atoms with Gasteiger partial charge in [-0.25, -0.2) is 0 Å². The number of hydrogen-bond acceptors (Lipinski definition) is 3. The summed E-state index contributed by atoms with van der Waals surface area (Å²) in [5, 5.41) is 3.50. The van der Waals surface area contributed by atoms with E-state index in [4.69, 9.17) is 10.6 Å². The molecule has 0 amide bonds. The second kappa shape index (κ2) is 4.65. The van der Waals surface area contributed by atoms with Gasteiger partial charge < -0.3 is 10.6 Å². The van der Waals surface area contributed by atoms with Gasteiger partial charge in [-0.1, -0.05) is 0 Å². The largest absolute Gasteiger partial charge is 0.493 e. The third kappa shape index (κ3) is 2.25. The zero-order chi connectivity index (χ0) is 10.6. The van der Waals surface area contributed by atoms with Crippen LogP contribution in [0.5, 0.6) is 5.75 Å². The maximum atomic E-state index is 5.52. The number of nitrogens with zero attached hydrogens (tertiary/aromatic N) is 1. The van der Waals surface area contributed by atoms with Gasteiger partial charge in [0.05, 0.1) is 12.8 Å². The van der Waals surface area contributed by atoms with E-state index in [9.17, 15) is 0 Å². The molecule has 1 rings (SSSR count). The van der Waals surface area contributed by atoms with E-state index in [0.29, 0.717) is 6.61 Å². The molecule has 0 bridgehead atoms. The van der Waals surface area contributed by atoms with Gasteiger partial charge in [-0.2, -0.15) is 5.10 Å². The normalized spacial score (nSPS) is 10.8. The van der Waals surface area contributed by atoms with Gasteiger partial charge >= 0.3 is 0 Å². The molecule has 1 aromatic rings. The number of benzene rings is 1. The zero-order valence-corrected chi connectivity index (χ0v) is 8.87. The molecule has 0 radical (unpaired) electrons. The Labute approximate surface area is 84.6 Å². The Morgan fingerprint density at radius 1 is 1.36 bits per heavy atom. The summed E-state index contributed by atoms with van der Waals surface area (Å²) in [7, 11) is 0. The minimum Gasteiger partial charge on any atom is -0.493 e. The Kier molecular flexibility index (Phi) is 3.51. The highest BCUT2D eigenvalue weighted by molar-refractivity contribution is 5.80. The molecule has 0 saturated carbocycles. The Morgan fingerprint density at radius 3 is 2.36 bits per heavy atom. The fraction of sp³-hybridized carbons (Fsp3) is 0.364. The topological polar surface area (TPSA) is 47.6 Å². The molecular formula is C11H16N2O. The molecular weight excluding hydrogens is 176 g/mol. The monoisotopic (exact) mass is 192 g/mol. The van der Waals surface area contributed by atoms with Gasteiger partial charge in [0, 0.05) is 0 Å². The molecule has 3 nitrogen and oxygen atoms in total. The van der Waals surface area contributed by atoms with Gasteiger partial charge in [-0.15, -0.1) is 0 Å². The van der Waals surface area contributed by atoms with Crippen molar-refractivity contribution >= 4 is 6.21 Å². The summed E-state index contributed by atoms with van der Waals surface area (Å²) < 4.78 is 5.52. The van der Waals surface area contributed by atoms with Crippen LogP contribution in [-0.4, -0.2) is 12.8 Å². The number of aryl methyl sites for hydroxylation is 2. The molecule has 0 aliphatic heterocycles. The molecule has 0 spiro atoms. The van der Waals surface area contributed by atoms with Crippen molar-refractivity contribution < 1.29 is 4.74 Å². The fourth-order valence-corrected chi connectivity index (χ4v) is 1.52. The van der Waals surface area contributed by atoms with Crippen LogP contribution in [0.4, 0.5) is 0 Å². The molecule has 0 unspecified atom stereocenters. The lowest BCUT2D eigenvalue weighted by atomic mass is 10.1. The van der Waals surface area contributed by atoms with Crippen LogP contribution in [0.1, 0.15) is 23.6 Å². The predicted molar refractivity (Wildman–Crippen MR) is 58.9 cm³/mol. The van der Waals surface area contributed by atoms with Gasteiger partial charge in [0.1, 0.15) is 5.75 Å². The summed E-state index contributed by atoms with van der Waals surface area (Å²) in [5.74, 6) is 6.06. The van der Waals surface area contributed by atoms with E-state index in [1.54, 1.807) is 6.21 Å². The van der Waals surface area contributed by atoms with Crippen LogP contribution in [0.25, 0.3) is 0 Å². The maximum absolute atomic E-state index is 5.52. The first-order chi connectivity index (χ1) is 6.69. The molecule has 14 heavy (non-hydrogen) atoms. The van der Waals surface area contributed by atoms with Crippen molar-refractivity contribution in [1.29, 1.82) is 0 Å². The third-order valence-electron chi connectivity index (χ3n) is 1.99. The number of hydrogen-bond donors (Lipinski definition) is 1. The number of nitrogens with two attached hydrogens (primary N) is 1. The van der Waals surface area contributed by atoms with E-state index >= 15 is 0 Å². The highest BCUT2D eigenvalue weighted by atomic mass is 16.5. The third-order valence-corrected chi connectivity index (χ3v) is 1.99. The average molecular weight is 192 g/mol. The van der Waals surface area contributed by atoms with Crippen molar-refractivity contribution in [3.05, 3.63) is 28.8 Å². The lowest BCUT2D eigenvalue weighted by Crippen LogP contribution is -1.98. The summed E-state index contributed by atoms with van der Waals surface area (Å²) in [5.41, 5.74) is 3.23. The van der Waals surface area contributed by atoms with Crippen LogP contribution in [0.3, 0.4) is 0 Å². The second-order valence-corrected chi connectivity index (χ2v) is 3.20. The molecule has 0 saturated heterocycles. The van der Waals surface area contributed by atoms with Gasteiger partial charge in [-0.3, -0.25) is 0 Å². The van der Waals surface area contributed by atoms with E-state index < -0.39 is 0 Å². The van der Waals surface area contributed by atoms with Gasteiger partial charge in [0.2, 0.25) is 0 Å². The smallest absolute Gasteiger partial charge is 0.125 e. The van der Waals surface area contributed by atoms with Gasteiger partial charge in [0.15, 0.2) is 0 Å². The van der Waals surface area contributed by atoms with Gasteiger partial charge in [-0.05, 0) is 49.6 Å². The van der Waals surface area contributed by atoms with Crippen LogP contribution in [0.15, 0.2) is 17.2 Å². The van der Waals surface area contributed by atoms with E-state index in [1.807, 2.05) is 32.9 Å². The molecule has 0 atom stereocenters. The molecule has 0 aliphatic carbocycles. The quantitative estimate of drug-likeness (QED) is 0.452. The number of rotatable bonds is 3. The number of hydrazone groups is 1. The Hall–Kier alpha value is -1.51. The molecule has 0 fully saturated rings. The van der Waals surface area contributed by atoms with Crippen molar-refractivity contribution in [3.8, 4) is 5.75 Å². The van der Waals surface area contributed by atoms with Crippen molar-refractivity contribution in [2.45, 2.75) is 20.8 Å². The van der Waals surface area contributed by atoms with Crippen LogP contribution in [-0.2, 0) is 0 Å². The minimum absolute atomic E-state index is 0.687. The van der Waals surface area contributed by atoms with Crippen molar-refractivity contribution in [2.24, 2.45) is 10.9 Å². The van der Waals surface area contributed by atoms with E-state index in [1.165, 1.54) is 0 Å². The lowest BCUT2D eigenvalue weighted by Gasteiger charge is -2.11. The summed E-state index contributed by atoms with van der Waals surface area (Å²) in [6.07, 6.45) is 1.63. The average Bonchev–Trinajstić information content (AvgIpc) is 2.12. The van der Waals surface area contributed by atoms with Crippen LogP contribution < -0.4 is 10.6 Å². The van der Waals surface area contributed by atoms with E-state index in [2.05, 4.69) is 5.10 Å². The Bertz CT molecular complexity index is 322. The minimum atomic E-state index is 0.687. The van der Waals surface area contributed by atoms with Gasteiger partial charge in [0.25, 0.3) is 0 Å². The number of ether oxygens (including phenoxy) is 1. The lowest BCUT2D eigenvalue weighted by molar-refractivity contribution is 0.335. The second-order valence-electron chi connectivity index (χ2n) is 3.20. The van der Waals surface area contributed by atoms with Crippen molar-refractivity contribution in [2.75, 3.05) is 6.61 Å². The van der Waals surface area contributed by atoms with Crippen LogP contribution in [0.2, 0.25) is 0 Å². The first-order valence-electron chi connectivity index (χ1n) is 4.66. The van der Waals surface area contributed by atoms with Crippen LogP contribution >= 0.6 is 0 Å². The zero-order valence-electron chi connectivity index (χ0n) is 8.87. The first-order valence-corrected chi connectivity index (χ1v) is 4.66. The van der Waals surface area contributed by atoms with Crippen molar-refractivity contribution in [3.63, 3.8) is 0 Å². The maximum Gasteiger partial charge on any atom is 0.125 e. The highest BCUT2D eigenvalue weighted by Gasteiger charge is 2.04. The standard InChI is InChI=1S/C11H16N2O/c1-4-14-11-8(2)5-10(7-13-12)6-9(11)3/h5-7H,4,12H2,1-3H3. The molecule has 3 heteroatoms. The molecule has 76 valence electrons. The molecule has 2 N–H and O–H groups in total. The SMILES string of the molecule is CCOc1c(C)cc(C=NN)cc1C.